The third-order valence-electron chi connectivity index (χ3n) is 5.88. The lowest BCUT2D eigenvalue weighted by atomic mass is 9.87. The van der Waals surface area contributed by atoms with Crippen molar-refractivity contribution in [3.05, 3.63) is 108 Å². The van der Waals surface area contributed by atoms with E-state index in [0.29, 0.717) is 5.52 Å². The maximum absolute atomic E-state index is 10.4. The number of phenols is 1. The highest BCUT2D eigenvalue weighted by atomic mass is 16.3. The van der Waals surface area contributed by atoms with Gasteiger partial charge in [0.1, 0.15) is 11.3 Å². The fourth-order valence-electron chi connectivity index (χ4n) is 4.46. The summed E-state index contributed by atoms with van der Waals surface area (Å²) in [4.78, 5) is 11.7. The molecule has 0 unspecified atom stereocenters. The quantitative estimate of drug-likeness (QED) is 0.343. The molecule has 4 nitrogen and oxygen atoms in total. The second-order valence-corrected chi connectivity index (χ2v) is 7.60. The average Bonchev–Trinajstić information content (AvgIpc) is 3.40. The highest BCUT2D eigenvalue weighted by Crippen LogP contribution is 2.39. The highest BCUT2D eigenvalue weighted by Gasteiger charge is 2.24. The highest BCUT2D eigenvalue weighted by molar-refractivity contribution is 5.90. The van der Waals surface area contributed by atoms with Gasteiger partial charge in [0.2, 0.25) is 0 Å². The van der Waals surface area contributed by atoms with Crippen LogP contribution in [0.5, 0.6) is 5.75 Å². The number of hydrogen-bond donors (Lipinski definition) is 3. The molecule has 0 fully saturated rings. The Hall–Kier alpha value is -4.05. The Labute approximate surface area is 172 Å². The number of aromatic hydroxyl groups is 1. The third-order valence-corrected chi connectivity index (χ3v) is 5.88. The van der Waals surface area contributed by atoms with Gasteiger partial charge in [0.05, 0.1) is 11.6 Å². The van der Waals surface area contributed by atoms with Gasteiger partial charge in [-0.05, 0) is 35.4 Å². The van der Waals surface area contributed by atoms with Crippen molar-refractivity contribution in [2.75, 3.05) is 0 Å². The molecule has 3 aromatic carbocycles. The zero-order valence-corrected chi connectivity index (χ0v) is 16.1. The van der Waals surface area contributed by atoms with Gasteiger partial charge in [0.25, 0.3) is 0 Å². The Morgan fingerprint density at radius 2 is 1.30 bits per heavy atom. The van der Waals surface area contributed by atoms with E-state index >= 15 is 0 Å². The predicted molar refractivity (Wildman–Crippen MR) is 121 cm³/mol. The molecule has 6 aromatic rings. The van der Waals surface area contributed by atoms with Crippen LogP contribution < -0.4 is 0 Å². The molecular formula is C26H19N3O. The fourth-order valence-corrected chi connectivity index (χ4v) is 4.46. The van der Waals surface area contributed by atoms with Crippen molar-refractivity contribution in [2.24, 2.45) is 0 Å². The van der Waals surface area contributed by atoms with E-state index < -0.39 is 0 Å². The number of phenolic OH excluding ortho intramolecular Hbond substituents is 1. The van der Waals surface area contributed by atoms with E-state index in [9.17, 15) is 5.11 Å². The van der Waals surface area contributed by atoms with Crippen LogP contribution in [0.1, 0.15) is 22.7 Å². The van der Waals surface area contributed by atoms with Gasteiger partial charge >= 0.3 is 0 Å². The Bertz CT molecular complexity index is 1450. The van der Waals surface area contributed by atoms with Crippen LogP contribution in [0.3, 0.4) is 0 Å². The molecule has 0 radical (unpaired) electrons. The molecule has 0 aliphatic carbocycles. The van der Waals surface area contributed by atoms with Crippen LogP contribution in [0.4, 0.5) is 0 Å². The van der Waals surface area contributed by atoms with Gasteiger partial charge in [-0.25, -0.2) is 4.98 Å². The first-order valence-corrected chi connectivity index (χ1v) is 10.0. The van der Waals surface area contributed by atoms with Crippen molar-refractivity contribution in [3.8, 4) is 5.75 Å². The van der Waals surface area contributed by atoms with E-state index in [2.05, 4.69) is 64.8 Å². The number of nitrogens with zero attached hydrogens (tertiary/aromatic N) is 1. The number of fused-ring (bicyclic) bond motifs is 3. The zero-order chi connectivity index (χ0) is 20.1. The van der Waals surface area contributed by atoms with E-state index in [0.717, 1.165) is 33.2 Å². The number of nitrogens with one attached hydrogen (secondary N) is 2. The van der Waals surface area contributed by atoms with Crippen molar-refractivity contribution in [3.63, 3.8) is 0 Å². The number of pyridine rings is 1. The van der Waals surface area contributed by atoms with Crippen LogP contribution in [0.25, 0.3) is 32.7 Å². The first-order valence-electron chi connectivity index (χ1n) is 10.0. The lowest BCUT2D eigenvalue weighted by Gasteiger charge is -2.17. The van der Waals surface area contributed by atoms with Crippen molar-refractivity contribution in [2.45, 2.75) is 5.92 Å². The minimum atomic E-state index is -0.0821. The van der Waals surface area contributed by atoms with E-state index in [-0.39, 0.29) is 11.7 Å². The smallest absolute Gasteiger partial charge is 0.141 e. The summed E-state index contributed by atoms with van der Waals surface area (Å²) in [6, 6.07) is 26.3. The standard InChI is InChI=1S/C26H19N3O/c30-24-11-5-6-16-12-13-23(29-26(16)24)25(19-14-27-21-9-3-1-7-17(19)21)20-15-28-22-10-4-2-8-18(20)22/h1-15,25,27-28,30H. The SMILES string of the molecule is Oc1cccc2ccc(C(c3c[nH]c4ccccc34)c3c[nH]c4ccccc34)nc12. The second kappa shape index (κ2) is 6.49. The van der Waals surface area contributed by atoms with Crippen molar-refractivity contribution in [1.82, 2.24) is 15.0 Å². The third kappa shape index (κ3) is 2.51. The molecule has 0 saturated carbocycles. The molecule has 3 N–H and O–H groups in total. The van der Waals surface area contributed by atoms with Gasteiger partial charge in [-0.1, -0.05) is 54.6 Å². The molecular weight excluding hydrogens is 370 g/mol. The summed E-state index contributed by atoms with van der Waals surface area (Å²) in [6.07, 6.45) is 4.15. The minimum absolute atomic E-state index is 0.0821. The van der Waals surface area contributed by atoms with Gasteiger partial charge in [-0.2, -0.15) is 0 Å². The van der Waals surface area contributed by atoms with Crippen molar-refractivity contribution >= 4 is 32.7 Å². The zero-order valence-electron chi connectivity index (χ0n) is 16.1. The summed E-state index contributed by atoms with van der Waals surface area (Å²) in [5, 5.41) is 13.7. The number of benzene rings is 3. The number of aromatic nitrogens is 3. The molecule has 0 atom stereocenters. The second-order valence-electron chi connectivity index (χ2n) is 7.60. The largest absolute Gasteiger partial charge is 0.506 e. The molecule has 144 valence electrons. The lowest BCUT2D eigenvalue weighted by Crippen LogP contribution is -2.05. The van der Waals surface area contributed by atoms with Crippen LogP contribution in [-0.2, 0) is 0 Å². The van der Waals surface area contributed by atoms with Gasteiger partial charge in [-0.3, -0.25) is 0 Å². The average molecular weight is 389 g/mol. The maximum atomic E-state index is 10.4. The number of H-pyrrole nitrogens is 2. The lowest BCUT2D eigenvalue weighted by molar-refractivity contribution is 0.480. The predicted octanol–water partition coefficient (Wildman–Crippen LogP) is 6.08. The summed E-state index contributed by atoms with van der Waals surface area (Å²) in [5.74, 6) is 0.118. The summed E-state index contributed by atoms with van der Waals surface area (Å²) in [7, 11) is 0. The van der Waals surface area contributed by atoms with Gasteiger partial charge < -0.3 is 15.1 Å². The normalized spacial score (nSPS) is 11.8. The van der Waals surface area contributed by atoms with Gasteiger partial charge in [0.15, 0.2) is 0 Å². The molecule has 4 heteroatoms. The molecule has 3 heterocycles. The number of para-hydroxylation sites is 3. The van der Waals surface area contributed by atoms with Gasteiger partial charge in [-0.15, -0.1) is 0 Å². The summed E-state index contributed by atoms with van der Waals surface area (Å²) < 4.78 is 0. The van der Waals surface area contributed by atoms with Crippen LogP contribution in [-0.4, -0.2) is 20.1 Å². The molecule has 0 saturated heterocycles. The van der Waals surface area contributed by atoms with Crippen molar-refractivity contribution in [1.29, 1.82) is 0 Å². The molecule has 0 bridgehead atoms. The Morgan fingerprint density at radius 1 is 0.667 bits per heavy atom. The maximum Gasteiger partial charge on any atom is 0.141 e. The summed E-state index contributed by atoms with van der Waals surface area (Å²) >= 11 is 0. The first kappa shape index (κ1) is 16.9. The molecule has 0 amide bonds. The van der Waals surface area contributed by atoms with E-state index in [4.69, 9.17) is 4.98 Å². The molecule has 6 rings (SSSR count). The fraction of sp³-hybridized carbons (Fsp3) is 0.0385. The number of aromatic amines is 2. The van der Waals surface area contributed by atoms with Crippen LogP contribution in [0.2, 0.25) is 0 Å². The first-order chi connectivity index (χ1) is 14.8. The van der Waals surface area contributed by atoms with Gasteiger partial charge in [0, 0.05) is 39.6 Å². The number of hydrogen-bond acceptors (Lipinski definition) is 2. The Morgan fingerprint density at radius 3 is 1.97 bits per heavy atom. The van der Waals surface area contributed by atoms with Crippen molar-refractivity contribution < 1.29 is 5.11 Å². The molecule has 30 heavy (non-hydrogen) atoms. The Kier molecular flexibility index (Phi) is 3.65. The van der Waals surface area contributed by atoms with E-state index in [1.54, 1.807) is 6.07 Å². The van der Waals surface area contributed by atoms with E-state index in [1.807, 2.05) is 30.3 Å². The minimum Gasteiger partial charge on any atom is -0.506 e. The molecule has 0 aliphatic rings. The number of rotatable bonds is 3. The topological polar surface area (TPSA) is 64.7 Å². The van der Waals surface area contributed by atoms with E-state index in [1.165, 1.54) is 10.8 Å². The monoisotopic (exact) mass is 389 g/mol. The Balaban J connectivity index is 1.66. The summed E-state index contributed by atoms with van der Waals surface area (Å²) in [6.45, 7) is 0. The molecule has 0 spiro atoms. The molecule has 3 aromatic heterocycles. The van der Waals surface area contributed by atoms with Crippen LogP contribution in [0.15, 0.2) is 91.3 Å². The van der Waals surface area contributed by atoms with Crippen LogP contribution in [0, 0.1) is 0 Å². The van der Waals surface area contributed by atoms with Crippen LogP contribution >= 0.6 is 0 Å². The summed E-state index contributed by atoms with van der Waals surface area (Å²) in [5.41, 5.74) is 6.05. The molecule has 0 aliphatic heterocycles.